The quantitative estimate of drug-likeness (QED) is 0.668. The van der Waals surface area contributed by atoms with Gasteiger partial charge in [0.05, 0.1) is 0 Å². The van der Waals surface area contributed by atoms with Crippen LogP contribution in [0.4, 0.5) is 0 Å². The molecule has 1 aliphatic rings. The van der Waals surface area contributed by atoms with Crippen LogP contribution in [0.3, 0.4) is 0 Å². The van der Waals surface area contributed by atoms with Crippen molar-refractivity contribution in [3.05, 3.63) is 0 Å². The first kappa shape index (κ1) is 17.8. The van der Waals surface area contributed by atoms with Gasteiger partial charge in [0, 0.05) is 5.54 Å². The fraction of sp³-hybridized carbons (Fsp3) is 1.00. The molecule has 0 aromatic rings. The van der Waals surface area contributed by atoms with Gasteiger partial charge < -0.3 is 12.3 Å². The van der Waals surface area contributed by atoms with E-state index in [1.807, 2.05) is 0 Å². The molecule has 0 aliphatic heterocycles. The van der Waals surface area contributed by atoms with Crippen molar-refractivity contribution in [2.45, 2.75) is 76.9 Å². The summed E-state index contributed by atoms with van der Waals surface area (Å²) in [6, 6.07) is 0. The molecule has 1 saturated carbocycles. The van der Waals surface area contributed by atoms with Gasteiger partial charge in [-0.2, -0.15) is 0 Å². The molecule has 0 heterocycles. The molecule has 0 saturated heterocycles. The van der Waals surface area contributed by atoms with Crippen LogP contribution < -0.4 is 0 Å². The van der Waals surface area contributed by atoms with Gasteiger partial charge in [0.25, 0.3) is 9.28 Å². The van der Waals surface area contributed by atoms with Crippen LogP contribution in [0, 0.1) is 0 Å². The maximum atomic E-state index is 6.50. The monoisotopic (exact) mass is 336 g/mol. The predicted molar refractivity (Wildman–Crippen MR) is 92.5 cm³/mol. The molecule has 7 heteroatoms. The Labute approximate surface area is 125 Å². The van der Waals surface area contributed by atoms with E-state index >= 15 is 0 Å². The van der Waals surface area contributed by atoms with Crippen molar-refractivity contribution >= 4 is 35.9 Å². The zero-order chi connectivity index (χ0) is 14.5. The molecule has 0 aromatic heterocycles. The summed E-state index contributed by atoms with van der Waals surface area (Å²) in [6.45, 7) is 13.5. The van der Waals surface area contributed by atoms with Gasteiger partial charge in [0.1, 0.15) is 0 Å². The van der Waals surface area contributed by atoms with E-state index in [1.54, 1.807) is 0 Å². The van der Waals surface area contributed by atoms with E-state index in [4.69, 9.17) is 12.3 Å². The first-order valence-corrected chi connectivity index (χ1v) is 17.9. The van der Waals surface area contributed by atoms with Gasteiger partial charge in [0.15, 0.2) is 18.1 Å². The van der Waals surface area contributed by atoms with Crippen LogP contribution in [-0.2, 0) is 12.3 Å². The normalized spacial score (nSPS) is 22.7. The third-order valence-corrected chi connectivity index (χ3v) is 16.4. The minimum Gasteiger partial charge on any atom is -0.442 e. The van der Waals surface area contributed by atoms with Crippen LogP contribution in [0.2, 0.25) is 44.8 Å². The zero-order valence-electron chi connectivity index (χ0n) is 13.6. The summed E-state index contributed by atoms with van der Waals surface area (Å²) in [5.74, 6) is 0. The molecule has 114 valence electrons. The lowest BCUT2D eigenvalue weighted by atomic mass is 10.0. The van der Waals surface area contributed by atoms with Crippen molar-refractivity contribution in [1.82, 2.24) is 0 Å². The van der Waals surface area contributed by atoms with Crippen LogP contribution in [0.15, 0.2) is 0 Å². The Morgan fingerprint density at radius 1 is 0.842 bits per heavy atom. The van der Waals surface area contributed by atoms with E-state index in [0.717, 1.165) is 0 Å². The molecule has 1 rings (SSSR count). The van der Waals surface area contributed by atoms with E-state index < -0.39 is 35.9 Å². The molecule has 1 fully saturated rings. The summed E-state index contributed by atoms with van der Waals surface area (Å²) >= 11 is 0. The van der Waals surface area contributed by atoms with Crippen molar-refractivity contribution < 1.29 is 12.3 Å². The Hall–Kier alpha value is 0.748. The van der Waals surface area contributed by atoms with Crippen LogP contribution in [-0.4, -0.2) is 35.9 Å². The molecule has 0 N–H and O–H groups in total. The molecular weight excluding hydrogens is 304 g/mol. The lowest BCUT2D eigenvalue weighted by Crippen LogP contribution is -2.51. The second-order valence-electron chi connectivity index (χ2n) is 6.39. The van der Waals surface area contributed by atoms with E-state index in [2.05, 4.69) is 39.3 Å². The second-order valence-corrected chi connectivity index (χ2v) is 17.5. The van der Waals surface area contributed by atoms with Gasteiger partial charge in [-0.05, 0) is 52.1 Å². The molecule has 3 nitrogen and oxygen atoms in total. The highest BCUT2D eigenvalue weighted by molar-refractivity contribution is 6.80. The van der Waals surface area contributed by atoms with E-state index in [-0.39, 0.29) is 0 Å². The van der Waals surface area contributed by atoms with Crippen LogP contribution in [0.25, 0.3) is 0 Å². The smallest absolute Gasteiger partial charge is 0.318 e. The van der Waals surface area contributed by atoms with E-state index in [0.29, 0.717) is 5.54 Å². The third kappa shape index (κ3) is 6.36. The van der Waals surface area contributed by atoms with Gasteiger partial charge in [0.2, 0.25) is 0 Å². The van der Waals surface area contributed by atoms with E-state index in [1.165, 1.54) is 32.1 Å². The molecule has 0 amide bonds. The summed E-state index contributed by atoms with van der Waals surface area (Å²) < 4.78 is 19.0. The maximum absolute atomic E-state index is 6.50. The molecule has 0 spiro atoms. The number of hydrogen-bond acceptors (Lipinski definition) is 3. The lowest BCUT2D eigenvalue weighted by molar-refractivity contribution is 0.315. The predicted octanol–water partition coefficient (Wildman–Crippen LogP) is 3.26. The summed E-state index contributed by atoms with van der Waals surface area (Å²) in [4.78, 5) is 0. The Morgan fingerprint density at radius 2 is 1.42 bits per heavy atom. The summed E-state index contributed by atoms with van der Waals surface area (Å²) in [7, 11) is -5.54. The van der Waals surface area contributed by atoms with Crippen molar-refractivity contribution in [2.75, 3.05) is 0 Å². The van der Waals surface area contributed by atoms with Crippen LogP contribution in [0.5, 0.6) is 0 Å². The first-order valence-electron chi connectivity index (χ1n) is 7.84. The summed E-state index contributed by atoms with van der Waals surface area (Å²) in [6.07, 6.45) is 6.72. The summed E-state index contributed by atoms with van der Waals surface area (Å²) in [5, 5.41) is 0. The fourth-order valence-corrected chi connectivity index (χ4v) is 16.9. The van der Waals surface area contributed by atoms with Gasteiger partial charge >= 0.3 is 8.56 Å². The average Bonchev–Trinajstić information content (AvgIpc) is 2.27. The molecule has 2 atom stereocenters. The topological polar surface area (TPSA) is 27.7 Å². The van der Waals surface area contributed by atoms with Gasteiger partial charge in [-0.1, -0.05) is 19.3 Å². The van der Waals surface area contributed by atoms with Gasteiger partial charge in [-0.25, -0.2) is 0 Å². The Morgan fingerprint density at radius 3 is 1.89 bits per heavy atom. The lowest BCUT2D eigenvalue weighted by Gasteiger charge is -2.40. The molecule has 0 aromatic carbocycles. The minimum absolute atomic E-state index is 0.698. The van der Waals surface area contributed by atoms with Crippen molar-refractivity contribution in [3.63, 3.8) is 0 Å². The standard InChI is InChI=1S/C12H32O3Si4/c1-16(2)13-18(5)15-19(6,14-17(3)4)12-10-8-7-9-11-12/h12,16-18H,7-11H2,1-6H3. The molecule has 1 aliphatic carbocycles. The minimum atomic E-state index is -2.02. The van der Waals surface area contributed by atoms with Crippen molar-refractivity contribution in [1.29, 1.82) is 0 Å². The Balaban J connectivity index is 2.67. The highest BCUT2D eigenvalue weighted by atomic mass is 28.5. The van der Waals surface area contributed by atoms with Gasteiger partial charge in [-0.15, -0.1) is 0 Å². The first-order chi connectivity index (χ1) is 8.83. The number of rotatable bonds is 7. The van der Waals surface area contributed by atoms with E-state index in [9.17, 15) is 0 Å². The fourth-order valence-electron chi connectivity index (χ4n) is 3.06. The third-order valence-electron chi connectivity index (χ3n) is 3.68. The van der Waals surface area contributed by atoms with Gasteiger partial charge in [-0.3, -0.25) is 0 Å². The molecule has 19 heavy (non-hydrogen) atoms. The van der Waals surface area contributed by atoms with Crippen molar-refractivity contribution in [3.8, 4) is 0 Å². The van der Waals surface area contributed by atoms with Crippen LogP contribution >= 0.6 is 0 Å². The average molecular weight is 337 g/mol. The highest BCUT2D eigenvalue weighted by Crippen LogP contribution is 2.38. The Kier molecular flexibility index (Phi) is 7.73. The molecule has 0 radical (unpaired) electrons. The zero-order valence-corrected chi connectivity index (χ0v) is 18.0. The molecular formula is C12H32O3Si4. The largest absolute Gasteiger partial charge is 0.442 e. The summed E-state index contributed by atoms with van der Waals surface area (Å²) in [5.41, 5.74) is 0.698. The Bertz CT molecular complexity index is 259. The maximum Gasteiger partial charge on any atom is 0.318 e. The molecule has 0 bridgehead atoms. The molecule has 2 unspecified atom stereocenters. The van der Waals surface area contributed by atoms with Crippen LogP contribution in [0.1, 0.15) is 32.1 Å². The highest BCUT2D eigenvalue weighted by Gasteiger charge is 2.43. The SMILES string of the molecule is C[SiH](C)O[SiH](C)O[Si](C)(O[SiH](C)C)C1CCCCC1. The number of hydrogen-bond donors (Lipinski definition) is 0. The van der Waals surface area contributed by atoms with Crippen molar-refractivity contribution in [2.24, 2.45) is 0 Å². The second kappa shape index (κ2) is 8.25.